The number of rotatable bonds is 5. The molecular weight excluding hydrogens is 598 g/mol. The van der Waals surface area contributed by atoms with E-state index >= 15 is 0 Å². The number of aryl methyl sites for hydroxylation is 2. The minimum absolute atomic E-state index is 0.00726. The Morgan fingerprint density at radius 1 is 0.946 bits per heavy atom. The highest BCUT2D eigenvalue weighted by molar-refractivity contribution is 9.10. The molecule has 1 aliphatic heterocycles. The summed E-state index contributed by atoms with van der Waals surface area (Å²) in [6, 6.07) is 18.1. The number of hydrogen-bond acceptors (Lipinski definition) is 5. The quantitative estimate of drug-likeness (QED) is 0.388. The lowest BCUT2D eigenvalue weighted by Crippen LogP contribution is -2.52. The lowest BCUT2D eigenvalue weighted by Gasteiger charge is -2.33. The van der Waals surface area contributed by atoms with E-state index in [9.17, 15) is 18.0 Å². The normalized spacial score (nSPS) is 14.4. The summed E-state index contributed by atoms with van der Waals surface area (Å²) in [5.74, 6) is -1.47. The van der Waals surface area contributed by atoms with Gasteiger partial charge in [0.25, 0.3) is 0 Å². The lowest BCUT2D eigenvalue weighted by molar-refractivity contribution is -0.143. The van der Waals surface area contributed by atoms with Crippen LogP contribution in [0.2, 0.25) is 5.02 Å². The van der Waals surface area contributed by atoms with Crippen molar-refractivity contribution in [2.45, 2.75) is 28.5 Å². The average Bonchev–Trinajstić information content (AvgIpc) is 2.86. The Kier molecular flexibility index (Phi) is 8.65. The van der Waals surface area contributed by atoms with Crippen LogP contribution in [-0.2, 0) is 19.6 Å². The van der Waals surface area contributed by atoms with Crippen molar-refractivity contribution in [1.29, 1.82) is 0 Å². The number of benzene rings is 3. The number of halogens is 2. The molecule has 7 nitrogen and oxygen atoms in total. The van der Waals surface area contributed by atoms with Crippen LogP contribution >= 0.6 is 39.3 Å². The van der Waals surface area contributed by atoms with Crippen molar-refractivity contribution in [1.82, 2.24) is 9.21 Å². The smallest absolute Gasteiger partial charge is 0.313 e. The van der Waals surface area contributed by atoms with E-state index in [-0.39, 0.29) is 36.1 Å². The average molecular weight is 623 g/mol. The van der Waals surface area contributed by atoms with Crippen LogP contribution in [0.25, 0.3) is 0 Å². The maximum absolute atomic E-state index is 13.0. The molecule has 1 aliphatic rings. The predicted molar refractivity (Wildman–Crippen MR) is 150 cm³/mol. The van der Waals surface area contributed by atoms with E-state index in [2.05, 4.69) is 27.3 Å². The standard InChI is InChI=1S/C26H25BrClN3O4S2/c1-17-7-8-18(2)23(15-17)36-22-6-4-3-5-21(22)29-25(32)26(33)30-11-13-31(14-12-30)37(34,35)24-10-9-19(27)16-20(24)28/h3-10,15-16H,11-14H2,1-2H3,(H,29,32). The molecule has 1 fully saturated rings. The second-order valence-electron chi connectivity index (χ2n) is 8.59. The minimum atomic E-state index is -3.83. The van der Waals surface area contributed by atoms with Crippen molar-refractivity contribution < 1.29 is 18.0 Å². The fourth-order valence-electron chi connectivity index (χ4n) is 3.87. The van der Waals surface area contributed by atoms with Crippen molar-refractivity contribution in [2.75, 3.05) is 31.5 Å². The molecule has 1 N–H and O–H groups in total. The van der Waals surface area contributed by atoms with Crippen LogP contribution in [0.3, 0.4) is 0 Å². The first-order chi connectivity index (χ1) is 17.6. The third-order valence-corrected chi connectivity index (χ3v) is 10.0. The summed E-state index contributed by atoms with van der Waals surface area (Å²) in [7, 11) is -3.83. The summed E-state index contributed by atoms with van der Waals surface area (Å²) in [5, 5.41) is 2.85. The number of hydrogen-bond donors (Lipinski definition) is 1. The van der Waals surface area contributed by atoms with Crippen LogP contribution in [0, 0.1) is 13.8 Å². The van der Waals surface area contributed by atoms with Gasteiger partial charge in [-0.15, -0.1) is 0 Å². The summed E-state index contributed by atoms with van der Waals surface area (Å²) in [6.07, 6.45) is 0. The third kappa shape index (κ3) is 6.38. The molecule has 1 saturated heterocycles. The largest absolute Gasteiger partial charge is 0.332 e. The zero-order chi connectivity index (χ0) is 26.7. The highest BCUT2D eigenvalue weighted by Crippen LogP contribution is 2.35. The lowest BCUT2D eigenvalue weighted by atomic mass is 10.2. The van der Waals surface area contributed by atoms with Crippen molar-refractivity contribution in [3.8, 4) is 0 Å². The van der Waals surface area contributed by atoms with Crippen LogP contribution in [0.4, 0.5) is 5.69 Å². The van der Waals surface area contributed by atoms with Gasteiger partial charge in [-0.3, -0.25) is 9.59 Å². The van der Waals surface area contributed by atoms with Gasteiger partial charge in [-0.25, -0.2) is 8.42 Å². The van der Waals surface area contributed by atoms with Crippen molar-refractivity contribution in [3.05, 3.63) is 81.3 Å². The van der Waals surface area contributed by atoms with Gasteiger partial charge < -0.3 is 10.2 Å². The summed E-state index contributed by atoms with van der Waals surface area (Å²) >= 11 is 10.9. The van der Waals surface area contributed by atoms with Gasteiger partial charge in [0.1, 0.15) is 4.90 Å². The monoisotopic (exact) mass is 621 g/mol. The summed E-state index contributed by atoms with van der Waals surface area (Å²) in [5.41, 5.74) is 2.79. The number of nitrogens with zero attached hydrogens (tertiary/aromatic N) is 2. The minimum Gasteiger partial charge on any atom is -0.332 e. The van der Waals surface area contributed by atoms with Crippen molar-refractivity contribution in [3.63, 3.8) is 0 Å². The van der Waals surface area contributed by atoms with E-state index in [4.69, 9.17) is 11.6 Å². The molecule has 3 aromatic rings. The van der Waals surface area contributed by atoms with Gasteiger partial charge in [0.15, 0.2) is 0 Å². The van der Waals surface area contributed by atoms with Gasteiger partial charge in [0.05, 0.1) is 10.7 Å². The first-order valence-electron chi connectivity index (χ1n) is 11.5. The number of para-hydroxylation sites is 1. The van der Waals surface area contributed by atoms with E-state index in [1.165, 1.54) is 33.1 Å². The molecule has 0 saturated carbocycles. The third-order valence-electron chi connectivity index (χ3n) is 5.93. The zero-order valence-corrected chi connectivity index (χ0v) is 24.2. The fourth-order valence-corrected chi connectivity index (χ4v) is 7.39. The first kappa shape index (κ1) is 27.7. The maximum atomic E-state index is 13.0. The van der Waals surface area contributed by atoms with Gasteiger partial charge in [0.2, 0.25) is 10.0 Å². The molecular formula is C26H25BrClN3O4S2. The Morgan fingerprint density at radius 3 is 2.35 bits per heavy atom. The first-order valence-corrected chi connectivity index (χ1v) is 14.9. The number of carbonyl (C=O) groups is 2. The van der Waals surface area contributed by atoms with E-state index in [1.807, 2.05) is 38.1 Å². The number of anilines is 1. The SMILES string of the molecule is Cc1ccc(C)c(Sc2ccccc2NC(=O)C(=O)N2CCN(S(=O)(=O)c3ccc(Br)cc3Cl)CC2)c1. The molecule has 194 valence electrons. The van der Waals surface area contributed by atoms with Crippen LogP contribution in [0.5, 0.6) is 0 Å². The van der Waals surface area contributed by atoms with Crippen LogP contribution in [0.15, 0.2) is 79.8 Å². The molecule has 1 heterocycles. The molecule has 0 aromatic heterocycles. The van der Waals surface area contributed by atoms with Gasteiger partial charge in [0, 0.05) is 40.4 Å². The Hall–Kier alpha value is -2.37. The fraction of sp³-hybridized carbons (Fsp3) is 0.231. The second kappa shape index (κ2) is 11.6. The molecule has 2 amide bonds. The van der Waals surface area contributed by atoms with E-state index in [1.54, 1.807) is 18.2 Å². The number of carbonyl (C=O) groups excluding carboxylic acids is 2. The van der Waals surface area contributed by atoms with Crippen molar-refractivity contribution in [2.24, 2.45) is 0 Å². The Bertz CT molecular complexity index is 1460. The Labute approximate surface area is 234 Å². The predicted octanol–water partition coefficient (Wildman–Crippen LogP) is 5.34. The number of piperazine rings is 1. The summed E-state index contributed by atoms with van der Waals surface area (Å²) in [6.45, 7) is 4.36. The second-order valence-corrected chi connectivity index (χ2v) is 12.9. The van der Waals surface area contributed by atoms with E-state index in [0.717, 1.165) is 20.9 Å². The van der Waals surface area contributed by atoms with E-state index < -0.39 is 21.8 Å². The van der Waals surface area contributed by atoms with Crippen LogP contribution in [-0.4, -0.2) is 55.6 Å². The molecule has 3 aromatic carbocycles. The zero-order valence-electron chi connectivity index (χ0n) is 20.2. The molecule has 0 atom stereocenters. The Morgan fingerprint density at radius 2 is 1.65 bits per heavy atom. The summed E-state index contributed by atoms with van der Waals surface area (Å²) in [4.78, 5) is 29.0. The molecule has 0 spiro atoms. The highest BCUT2D eigenvalue weighted by atomic mass is 79.9. The molecule has 37 heavy (non-hydrogen) atoms. The Balaban J connectivity index is 1.41. The van der Waals surface area contributed by atoms with Gasteiger partial charge in [-0.1, -0.05) is 63.6 Å². The molecule has 4 rings (SSSR count). The van der Waals surface area contributed by atoms with Gasteiger partial charge in [-0.2, -0.15) is 4.31 Å². The molecule has 0 bridgehead atoms. The highest BCUT2D eigenvalue weighted by Gasteiger charge is 2.33. The number of sulfonamides is 1. The maximum Gasteiger partial charge on any atom is 0.313 e. The van der Waals surface area contributed by atoms with E-state index in [0.29, 0.717) is 10.2 Å². The topological polar surface area (TPSA) is 86.8 Å². The van der Waals surface area contributed by atoms with Crippen molar-refractivity contribution >= 4 is 66.8 Å². The number of nitrogens with one attached hydrogen (secondary N) is 1. The molecule has 0 radical (unpaired) electrons. The van der Waals surface area contributed by atoms with Crippen LogP contribution < -0.4 is 5.32 Å². The number of amides is 2. The molecule has 0 unspecified atom stereocenters. The van der Waals surface area contributed by atoms with Gasteiger partial charge >= 0.3 is 11.8 Å². The van der Waals surface area contributed by atoms with Gasteiger partial charge in [-0.05, 0) is 61.4 Å². The molecule has 11 heteroatoms. The summed E-state index contributed by atoms with van der Waals surface area (Å²) < 4.78 is 28.0. The van der Waals surface area contributed by atoms with Crippen LogP contribution in [0.1, 0.15) is 11.1 Å². The molecule has 0 aliphatic carbocycles.